The fourth-order valence-corrected chi connectivity index (χ4v) is 1.86. The number of benzene rings is 1. The summed E-state index contributed by atoms with van der Waals surface area (Å²) >= 11 is 0. The summed E-state index contributed by atoms with van der Waals surface area (Å²) in [6.45, 7) is 4.63. The Morgan fingerprint density at radius 3 is 2.65 bits per heavy atom. The number of ether oxygens (including phenoxy) is 3. The molecule has 0 radical (unpaired) electrons. The minimum atomic E-state index is -0.623. The van der Waals surface area contributed by atoms with Crippen molar-refractivity contribution >= 4 is 5.97 Å². The summed E-state index contributed by atoms with van der Waals surface area (Å²) < 4.78 is 16.2. The summed E-state index contributed by atoms with van der Waals surface area (Å²) in [5.74, 6) is 0.848. The highest BCUT2D eigenvalue weighted by Crippen LogP contribution is 2.32. The molecule has 20 heavy (non-hydrogen) atoms. The highest BCUT2D eigenvalue weighted by atomic mass is 16.6. The Morgan fingerprint density at radius 1 is 1.35 bits per heavy atom. The van der Waals surface area contributed by atoms with Crippen molar-refractivity contribution in [1.82, 2.24) is 5.32 Å². The Hall–Kier alpha value is -1.75. The molecular formula is C15H23NO4. The van der Waals surface area contributed by atoms with Gasteiger partial charge < -0.3 is 19.5 Å². The van der Waals surface area contributed by atoms with Gasteiger partial charge in [0.1, 0.15) is 0 Å². The molecule has 0 spiro atoms. The number of hydrogen-bond acceptors (Lipinski definition) is 5. The van der Waals surface area contributed by atoms with Gasteiger partial charge in [0.2, 0.25) is 0 Å². The van der Waals surface area contributed by atoms with E-state index in [-0.39, 0.29) is 5.97 Å². The minimum Gasteiger partial charge on any atom is -0.493 e. The first-order chi connectivity index (χ1) is 9.67. The number of carbonyl (C=O) groups is 1. The van der Waals surface area contributed by atoms with E-state index in [1.807, 2.05) is 32.2 Å². The zero-order valence-corrected chi connectivity index (χ0v) is 12.6. The zero-order chi connectivity index (χ0) is 15.0. The average molecular weight is 281 g/mol. The minimum absolute atomic E-state index is 0.341. The maximum absolute atomic E-state index is 11.8. The van der Waals surface area contributed by atoms with Crippen LogP contribution < -0.4 is 14.8 Å². The molecule has 0 aliphatic heterocycles. The van der Waals surface area contributed by atoms with Crippen LogP contribution in [0.15, 0.2) is 18.2 Å². The summed E-state index contributed by atoms with van der Waals surface area (Å²) in [7, 11) is 3.43. The van der Waals surface area contributed by atoms with Crippen LogP contribution in [-0.2, 0) is 16.1 Å². The predicted molar refractivity (Wildman–Crippen MR) is 77.1 cm³/mol. The van der Waals surface area contributed by atoms with E-state index in [2.05, 4.69) is 5.32 Å². The zero-order valence-electron chi connectivity index (χ0n) is 12.6. The maximum Gasteiger partial charge on any atom is 0.347 e. The first kappa shape index (κ1) is 16.3. The molecule has 1 aromatic carbocycles. The third-order valence-corrected chi connectivity index (χ3v) is 2.83. The van der Waals surface area contributed by atoms with Gasteiger partial charge in [-0.05, 0) is 26.5 Å². The van der Waals surface area contributed by atoms with Crippen LogP contribution in [0.1, 0.15) is 25.8 Å². The molecule has 1 rings (SSSR count). The van der Waals surface area contributed by atoms with Gasteiger partial charge in [-0.15, -0.1) is 0 Å². The van der Waals surface area contributed by atoms with Crippen LogP contribution in [0.4, 0.5) is 0 Å². The number of esters is 1. The first-order valence-electron chi connectivity index (χ1n) is 6.81. The van der Waals surface area contributed by atoms with Crippen molar-refractivity contribution in [1.29, 1.82) is 0 Å². The standard InChI is InChI=1S/C15H23NO4/c1-5-12(15(17)19-6-2)20-14-11(10-16-3)8-7-9-13(14)18-4/h7-9,12,16H,5-6,10H2,1-4H3. The Bertz CT molecular complexity index is 434. The largest absolute Gasteiger partial charge is 0.493 e. The van der Waals surface area contributed by atoms with Gasteiger partial charge in [0, 0.05) is 12.1 Å². The molecule has 0 heterocycles. The molecular weight excluding hydrogens is 258 g/mol. The molecule has 1 atom stereocenters. The van der Waals surface area contributed by atoms with Gasteiger partial charge in [0.05, 0.1) is 13.7 Å². The molecule has 0 amide bonds. The molecule has 0 aromatic heterocycles. The van der Waals surface area contributed by atoms with E-state index in [0.717, 1.165) is 5.56 Å². The van der Waals surface area contributed by atoms with Crippen LogP contribution in [0.25, 0.3) is 0 Å². The smallest absolute Gasteiger partial charge is 0.347 e. The molecule has 0 fully saturated rings. The van der Waals surface area contributed by atoms with Crippen LogP contribution >= 0.6 is 0 Å². The second-order valence-electron chi connectivity index (χ2n) is 4.25. The second kappa shape index (κ2) is 8.43. The van der Waals surface area contributed by atoms with Crippen molar-refractivity contribution < 1.29 is 19.0 Å². The predicted octanol–water partition coefficient (Wildman–Crippen LogP) is 2.14. The maximum atomic E-state index is 11.8. The van der Waals surface area contributed by atoms with Crippen LogP contribution in [-0.4, -0.2) is 32.8 Å². The van der Waals surface area contributed by atoms with Crippen LogP contribution in [0, 0.1) is 0 Å². The third kappa shape index (κ3) is 4.13. The Kier molecular flexibility index (Phi) is 6.87. The second-order valence-corrected chi connectivity index (χ2v) is 4.25. The molecule has 5 heteroatoms. The summed E-state index contributed by atoms with van der Waals surface area (Å²) in [6.07, 6.45) is -0.0857. The van der Waals surface area contributed by atoms with Crippen LogP contribution in [0.3, 0.4) is 0 Å². The fraction of sp³-hybridized carbons (Fsp3) is 0.533. The van der Waals surface area contributed by atoms with Crippen molar-refractivity contribution in [2.24, 2.45) is 0 Å². The molecule has 1 N–H and O–H groups in total. The van der Waals surface area contributed by atoms with E-state index in [1.54, 1.807) is 14.0 Å². The van der Waals surface area contributed by atoms with E-state index in [1.165, 1.54) is 0 Å². The lowest BCUT2D eigenvalue weighted by Gasteiger charge is -2.20. The van der Waals surface area contributed by atoms with E-state index in [9.17, 15) is 4.79 Å². The Balaban J connectivity index is 3.00. The van der Waals surface area contributed by atoms with E-state index in [0.29, 0.717) is 31.1 Å². The fourth-order valence-electron chi connectivity index (χ4n) is 1.86. The van der Waals surface area contributed by atoms with Crippen molar-refractivity contribution in [3.05, 3.63) is 23.8 Å². The highest BCUT2D eigenvalue weighted by Gasteiger charge is 2.22. The van der Waals surface area contributed by atoms with Crippen molar-refractivity contribution in [2.45, 2.75) is 32.9 Å². The molecule has 5 nitrogen and oxygen atoms in total. The number of nitrogens with one attached hydrogen (secondary N) is 1. The van der Waals surface area contributed by atoms with Gasteiger partial charge in [-0.25, -0.2) is 4.79 Å². The number of rotatable bonds is 8. The van der Waals surface area contributed by atoms with E-state index in [4.69, 9.17) is 14.2 Å². The lowest BCUT2D eigenvalue weighted by atomic mass is 10.1. The van der Waals surface area contributed by atoms with E-state index < -0.39 is 6.10 Å². The Labute approximate surface area is 120 Å². The van der Waals surface area contributed by atoms with Gasteiger partial charge in [0.25, 0.3) is 0 Å². The SMILES string of the molecule is CCOC(=O)C(CC)Oc1c(CNC)cccc1OC. The van der Waals surface area contributed by atoms with Crippen LogP contribution in [0.2, 0.25) is 0 Å². The van der Waals surface area contributed by atoms with Gasteiger partial charge in [-0.1, -0.05) is 19.1 Å². The highest BCUT2D eigenvalue weighted by molar-refractivity contribution is 5.75. The number of methoxy groups -OCH3 is 1. The number of para-hydroxylation sites is 1. The summed E-state index contributed by atoms with van der Waals surface area (Å²) in [4.78, 5) is 11.8. The molecule has 1 unspecified atom stereocenters. The number of carbonyl (C=O) groups excluding carboxylic acids is 1. The normalized spacial score (nSPS) is 11.8. The first-order valence-corrected chi connectivity index (χ1v) is 6.81. The van der Waals surface area contributed by atoms with Gasteiger partial charge >= 0.3 is 5.97 Å². The van der Waals surface area contributed by atoms with Gasteiger partial charge in [-0.3, -0.25) is 0 Å². The quantitative estimate of drug-likeness (QED) is 0.740. The lowest BCUT2D eigenvalue weighted by molar-refractivity contribution is -0.151. The molecule has 0 aliphatic carbocycles. The molecule has 0 bridgehead atoms. The number of hydrogen-bond donors (Lipinski definition) is 1. The van der Waals surface area contributed by atoms with Crippen molar-refractivity contribution in [3.63, 3.8) is 0 Å². The summed E-state index contributed by atoms with van der Waals surface area (Å²) in [5.41, 5.74) is 0.939. The third-order valence-electron chi connectivity index (χ3n) is 2.83. The summed E-state index contributed by atoms with van der Waals surface area (Å²) in [5, 5.41) is 3.07. The molecule has 0 saturated heterocycles. The average Bonchev–Trinajstić information content (AvgIpc) is 2.46. The molecule has 0 aliphatic rings. The monoisotopic (exact) mass is 281 g/mol. The van der Waals surface area contributed by atoms with E-state index >= 15 is 0 Å². The lowest BCUT2D eigenvalue weighted by Crippen LogP contribution is -2.29. The van der Waals surface area contributed by atoms with Crippen molar-refractivity contribution in [3.8, 4) is 11.5 Å². The molecule has 0 saturated carbocycles. The Morgan fingerprint density at radius 2 is 2.10 bits per heavy atom. The van der Waals surface area contributed by atoms with Gasteiger partial charge in [-0.2, -0.15) is 0 Å². The van der Waals surface area contributed by atoms with Crippen LogP contribution in [0.5, 0.6) is 11.5 Å². The van der Waals surface area contributed by atoms with Crippen molar-refractivity contribution in [2.75, 3.05) is 20.8 Å². The topological polar surface area (TPSA) is 56.8 Å². The summed E-state index contributed by atoms with van der Waals surface area (Å²) in [6, 6.07) is 5.64. The molecule has 112 valence electrons. The van der Waals surface area contributed by atoms with Gasteiger partial charge in [0.15, 0.2) is 17.6 Å². The molecule has 1 aromatic rings.